The van der Waals surface area contributed by atoms with Crippen molar-refractivity contribution in [3.63, 3.8) is 0 Å². The molecule has 1 heterocycles. The first kappa shape index (κ1) is 18.6. The summed E-state index contributed by atoms with van der Waals surface area (Å²) >= 11 is 0. The van der Waals surface area contributed by atoms with Gasteiger partial charge in [-0.25, -0.2) is 4.98 Å². The van der Waals surface area contributed by atoms with E-state index in [0.29, 0.717) is 0 Å². The molecule has 25 heavy (non-hydrogen) atoms. The first-order chi connectivity index (χ1) is 12.3. The number of hydrogen-bond acceptors (Lipinski definition) is 4. The Bertz CT molecular complexity index is 628. The number of guanidine groups is 1. The zero-order chi connectivity index (χ0) is 17.7. The molecular weight excluding hydrogens is 314 g/mol. The van der Waals surface area contributed by atoms with E-state index >= 15 is 0 Å². The summed E-state index contributed by atoms with van der Waals surface area (Å²) in [4.78, 5) is 8.48. The first-order valence-electron chi connectivity index (χ1n) is 8.54. The number of nitrogens with zero attached hydrogens (tertiary/aromatic N) is 2. The molecule has 0 unspecified atom stereocenters. The lowest BCUT2D eigenvalue weighted by atomic mass is 10.2. The molecule has 0 atom stereocenters. The summed E-state index contributed by atoms with van der Waals surface area (Å²) < 4.78 is 5.16. The van der Waals surface area contributed by atoms with E-state index in [-0.39, 0.29) is 0 Å². The zero-order valence-electron chi connectivity index (χ0n) is 15.0. The summed E-state index contributed by atoms with van der Waals surface area (Å²) in [5.74, 6) is 2.60. The Balaban J connectivity index is 1.58. The Morgan fingerprint density at radius 2 is 1.84 bits per heavy atom. The minimum absolute atomic E-state index is 0.727. The van der Waals surface area contributed by atoms with Crippen molar-refractivity contribution in [3.05, 3.63) is 54.2 Å². The Hall–Kier alpha value is -2.76. The lowest BCUT2D eigenvalue weighted by molar-refractivity contribution is 0.414. The molecule has 1 aromatic carbocycles. The van der Waals surface area contributed by atoms with Crippen LogP contribution < -0.4 is 20.7 Å². The summed E-state index contributed by atoms with van der Waals surface area (Å²) in [5, 5.41) is 9.95. The van der Waals surface area contributed by atoms with E-state index < -0.39 is 0 Å². The Kier molecular flexibility index (Phi) is 8.11. The number of nitrogens with one attached hydrogen (secondary N) is 3. The summed E-state index contributed by atoms with van der Waals surface area (Å²) in [5.41, 5.74) is 1.18. The molecule has 0 amide bonds. The van der Waals surface area contributed by atoms with Gasteiger partial charge in [-0.2, -0.15) is 0 Å². The van der Waals surface area contributed by atoms with Crippen molar-refractivity contribution in [2.45, 2.75) is 19.4 Å². The molecule has 0 radical (unpaired) electrons. The van der Waals surface area contributed by atoms with Crippen molar-refractivity contribution in [2.24, 2.45) is 4.99 Å². The van der Waals surface area contributed by atoms with E-state index in [4.69, 9.17) is 4.74 Å². The molecule has 0 aliphatic rings. The number of aromatic nitrogens is 1. The van der Waals surface area contributed by atoms with Gasteiger partial charge in [-0.3, -0.25) is 4.99 Å². The third kappa shape index (κ3) is 7.12. The number of methoxy groups -OCH3 is 1. The maximum Gasteiger partial charge on any atom is 0.191 e. The van der Waals surface area contributed by atoms with Crippen molar-refractivity contribution in [1.29, 1.82) is 0 Å². The highest BCUT2D eigenvalue weighted by Crippen LogP contribution is 2.10. The van der Waals surface area contributed by atoms with Gasteiger partial charge in [0.25, 0.3) is 0 Å². The smallest absolute Gasteiger partial charge is 0.191 e. The highest BCUT2D eigenvalue weighted by atomic mass is 16.5. The first-order valence-corrected chi connectivity index (χ1v) is 8.54. The van der Waals surface area contributed by atoms with Gasteiger partial charge in [-0.15, -0.1) is 0 Å². The van der Waals surface area contributed by atoms with Crippen LogP contribution in [0.3, 0.4) is 0 Å². The Morgan fingerprint density at radius 1 is 1.04 bits per heavy atom. The number of ether oxygens (including phenoxy) is 1. The molecule has 0 fully saturated rings. The monoisotopic (exact) mass is 341 g/mol. The summed E-state index contributed by atoms with van der Waals surface area (Å²) in [7, 11) is 3.46. The molecule has 0 aliphatic carbocycles. The molecule has 6 heteroatoms. The van der Waals surface area contributed by atoms with Gasteiger partial charge >= 0.3 is 0 Å². The third-order valence-corrected chi connectivity index (χ3v) is 3.71. The second-order valence-corrected chi connectivity index (χ2v) is 5.55. The maximum absolute atomic E-state index is 5.16. The van der Waals surface area contributed by atoms with Crippen molar-refractivity contribution >= 4 is 11.8 Å². The van der Waals surface area contributed by atoms with E-state index in [1.54, 1.807) is 20.4 Å². The van der Waals surface area contributed by atoms with Gasteiger partial charge < -0.3 is 20.7 Å². The van der Waals surface area contributed by atoms with Crippen molar-refractivity contribution in [1.82, 2.24) is 15.6 Å². The van der Waals surface area contributed by atoms with Crippen LogP contribution in [-0.2, 0) is 6.54 Å². The molecule has 2 rings (SSSR count). The number of aliphatic imine (C=N–C) groups is 1. The van der Waals surface area contributed by atoms with E-state index in [0.717, 1.165) is 50.0 Å². The van der Waals surface area contributed by atoms with E-state index in [1.165, 1.54) is 5.56 Å². The van der Waals surface area contributed by atoms with Gasteiger partial charge in [0.05, 0.1) is 7.11 Å². The fourth-order valence-corrected chi connectivity index (χ4v) is 2.29. The lowest BCUT2D eigenvalue weighted by Gasteiger charge is -2.12. The number of pyridine rings is 1. The van der Waals surface area contributed by atoms with Gasteiger partial charge in [-0.05, 0) is 42.7 Å². The quantitative estimate of drug-likeness (QED) is 0.372. The van der Waals surface area contributed by atoms with Crippen molar-refractivity contribution in [2.75, 3.05) is 32.6 Å². The predicted octanol–water partition coefficient (Wildman–Crippen LogP) is 2.65. The van der Waals surface area contributed by atoms with E-state index in [2.05, 4.69) is 25.9 Å². The second-order valence-electron chi connectivity index (χ2n) is 5.55. The normalized spacial score (nSPS) is 11.0. The molecule has 3 N–H and O–H groups in total. The van der Waals surface area contributed by atoms with Crippen LogP contribution in [0.2, 0.25) is 0 Å². The average Bonchev–Trinajstić information content (AvgIpc) is 2.68. The Morgan fingerprint density at radius 3 is 2.52 bits per heavy atom. The molecule has 0 saturated carbocycles. The van der Waals surface area contributed by atoms with Gasteiger partial charge in [0.2, 0.25) is 0 Å². The van der Waals surface area contributed by atoms with Crippen LogP contribution in [0, 0.1) is 0 Å². The molecule has 0 bridgehead atoms. The fraction of sp³-hybridized carbons (Fsp3) is 0.368. The second kappa shape index (κ2) is 10.9. The number of hydrogen-bond donors (Lipinski definition) is 3. The number of anilines is 1. The third-order valence-electron chi connectivity index (χ3n) is 3.71. The summed E-state index contributed by atoms with van der Waals surface area (Å²) in [6.45, 7) is 2.52. The van der Waals surface area contributed by atoms with Gasteiger partial charge in [0, 0.05) is 32.9 Å². The van der Waals surface area contributed by atoms with Crippen LogP contribution in [0.1, 0.15) is 18.4 Å². The van der Waals surface area contributed by atoms with Gasteiger partial charge in [-0.1, -0.05) is 18.2 Å². The van der Waals surface area contributed by atoms with Gasteiger partial charge in [0.1, 0.15) is 11.6 Å². The highest BCUT2D eigenvalue weighted by Gasteiger charge is 1.99. The lowest BCUT2D eigenvalue weighted by Crippen LogP contribution is -2.37. The highest BCUT2D eigenvalue weighted by molar-refractivity contribution is 5.79. The SMILES string of the molecule is CN=C(NCCCCNc1ccccn1)NCc1ccc(OC)cc1. The minimum Gasteiger partial charge on any atom is -0.497 e. The molecule has 6 nitrogen and oxygen atoms in total. The predicted molar refractivity (Wildman–Crippen MR) is 103 cm³/mol. The summed E-state index contributed by atoms with van der Waals surface area (Å²) in [6, 6.07) is 13.9. The summed E-state index contributed by atoms with van der Waals surface area (Å²) in [6.07, 6.45) is 3.92. The standard InChI is InChI=1S/C19H27N5O/c1-20-19(24-15-16-8-10-17(25-2)11-9-16)23-14-6-5-13-22-18-7-3-4-12-21-18/h3-4,7-12H,5-6,13-15H2,1-2H3,(H,21,22)(H2,20,23,24). The van der Waals surface area contributed by atoms with Crippen LogP contribution in [0.25, 0.3) is 0 Å². The van der Waals surface area contributed by atoms with Crippen LogP contribution >= 0.6 is 0 Å². The average molecular weight is 341 g/mol. The Labute approximate surface area is 149 Å². The molecule has 1 aromatic heterocycles. The molecule has 134 valence electrons. The maximum atomic E-state index is 5.16. The van der Waals surface area contributed by atoms with Crippen LogP contribution in [0.5, 0.6) is 5.75 Å². The topological polar surface area (TPSA) is 70.6 Å². The number of rotatable bonds is 9. The van der Waals surface area contributed by atoms with Gasteiger partial charge in [0.15, 0.2) is 5.96 Å². The number of unbranched alkanes of at least 4 members (excludes halogenated alkanes) is 1. The van der Waals surface area contributed by atoms with Crippen LogP contribution in [0.4, 0.5) is 5.82 Å². The van der Waals surface area contributed by atoms with Crippen LogP contribution in [0.15, 0.2) is 53.7 Å². The van der Waals surface area contributed by atoms with Crippen molar-refractivity contribution in [3.8, 4) is 5.75 Å². The van der Waals surface area contributed by atoms with Crippen molar-refractivity contribution < 1.29 is 4.74 Å². The molecular formula is C19H27N5O. The van der Waals surface area contributed by atoms with E-state index in [9.17, 15) is 0 Å². The minimum atomic E-state index is 0.727. The molecule has 2 aromatic rings. The van der Waals surface area contributed by atoms with Crippen LogP contribution in [-0.4, -0.2) is 38.2 Å². The largest absolute Gasteiger partial charge is 0.497 e. The molecule has 0 saturated heterocycles. The fourth-order valence-electron chi connectivity index (χ4n) is 2.29. The van der Waals surface area contributed by atoms with E-state index in [1.807, 2.05) is 42.5 Å². The number of benzene rings is 1. The molecule has 0 spiro atoms. The molecule has 0 aliphatic heterocycles. The zero-order valence-corrected chi connectivity index (χ0v) is 15.0.